The lowest BCUT2D eigenvalue weighted by molar-refractivity contribution is 0.246. The lowest BCUT2D eigenvalue weighted by Gasteiger charge is -2.29. The molecule has 0 bridgehead atoms. The fraction of sp³-hybridized carbons (Fsp3) is 0.312. The summed E-state index contributed by atoms with van der Waals surface area (Å²) in [6, 6.07) is 13.0. The summed E-state index contributed by atoms with van der Waals surface area (Å²) < 4.78 is 5.69. The Labute approximate surface area is 113 Å². The van der Waals surface area contributed by atoms with E-state index in [1.165, 1.54) is 11.1 Å². The summed E-state index contributed by atoms with van der Waals surface area (Å²) in [6.45, 7) is 2.95. The second-order valence-corrected chi connectivity index (χ2v) is 4.90. The number of hydrogen-bond acceptors (Lipinski definition) is 3. The van der Waals surface area contributed by atoms with E-state index < -0.39 is 0 Å². The molecular formula is C16H18N2O. The second-order valence-electron chi connectivity index (χ2n) is 4.90. The van der Waals surface area contributed by atoms with Gasteiger partial charge in [0.1, 0.15) is 5.75 Å². The molecule has 3 rings (SSSR count). The van der Waals surface area contributed by atoms with Crippen molar-refractivity contribution in [3.63, 3.8) is 0 Å². The van der Waals surface area contributed by atoms with E-state index in [0.29, 0.717) is 6.04 Å². The standard InChI is InChI=1S/C16H18N2O/c1-12(13-5-4-9-17-11-13)18-15-8-10-19-16-7-3-2-6-14(15)16/h2-7,9,11-12,15,18H,8,10H2,1H3/t12-,15?/m1/s1. The van der Waals surface area contributed by atoms with Gasteiger partial charge in [-0.05, 0) is 24.6 Å². The smallest absolute Gasteiger partial charge is 0.124 e. The van der Waals surface area contributed by atoms with Gasteiger partial charge in [-0.1, -0.05) is 24.3 Å². The van der Waals surface area contributed by atoms with E-state index in [0.717, 1.165) is 18.8 Å². The van der Waals surface area contributed by atoms with Crippen LogP contribution in [0.15, 0.2) is 48.8 Å². The predicted molar refractivity (Wildman–Crippen MR) is 75.1 cm³/mol. The number of nitrogens with zero attached hydrogens (tertiary/aromatic N) is 1. The summed E-state index contributed by atoms with van der Waals surface area (Å²) in [6.07, 6.45) is 4.73. The number of aromatic nitrogens is 1. The lowest BCUT2D eigenvalue weighted by Crippen LogP contribution is -2.29. The molecule has 3 nitrogen and oxygen atoms in total. The van der Waals surface area contributed by atoms with Gasteiger partial charge in [-0.25, -0.2) is 0 Å². The van der Waals surface area contributed by atoms with Crippen molar-refractivity contribution in [1.82, 2.24) is 10.3 Å². The highest BCUT2D eigenvalue weighted by molar-refractivity contribution is 5.37. The van der Waals surface area contributed by atoms with Crippen molar-refractivity contribution in [3.8, 4) is 5.75 Å². The number of pyridine rings is 1. The van der Waals surface area contributed by atoms with Gasteiger partial charge in [0.05, 0.1) is 6.61 Å². The fourth-order valence-electron chi connectivity index (χ4n) is 2.55. The summed E-state index contributed by atoms with van der Waals surface area (Å²) in [4.78, 5) is 4.18. The zero-order valence-electron chi connectivity index (χ0n) is 11.0. The van der Waals surface area contributed by atoms with Gasteiger partial charge >= 0.3 is 0 Å². The minimum Gasteiger partial charge on any atom is -0.493 e. The van der Waals surface area contributed by atoms with Crippen molar-refractivity contribution < 1.29 is 4.74 Å². The first-order valence-electron chi connectivity index (χ1n) is 6.72. The molecule has 0 saturated carbocycles. The minimum atomic E-state index is 0.282. The maximum atomic E-state index is 5.69. The molecular weight excluding hydrogens is 236 g/mol. The minimum absolute atomic E-state index is 0.282. The highest BCUT2D eigenvalue weighted by atomic mass is 16.5. The molecule has 2 aromatic rings. The first-order chi connectivity index (χ1) is 9.34. The number of ether oxygens (including phenoxy) is 1. The molecule has 1 aromatic heterocycles. The van der Waals surface area contributed by atoms with Crippen LogP contribution in [-0.2, 0) is 0 Å². The monoisotopic (exact) mass is 254 g/mol. The second kappa shape index (κ2) is 5.41. The van der Waals surface area contributed by atoms with Crippen LogP contribution in [-0.4, -0.2) is 11.6 Å². The average molecular weight is 254 g/mol. The molecule has 0 spiro atoms. The lowest BCUT2D eigenvalue weighted by atomic mass is 9.99. The number of hydrogen-bond donors (Lipinski definition) is 1. The van der Waals surface area contributed by atoms with Crippen LogP contribution in [0.25, 0.3) is 0 Å². The number of para-hydroxylation sites is 1. The van der Waals surface area contributed by atoms with Crippen molar-refractivity contribution >= 4 is 0 Å². The van der Waals surface area contributed by atoms with Gasteiger partial charge in [0.2, 0.25) is 0 Å². The molecule has 2 atom stereocenters. The highest BCUT2D eigenvalue weighted by Gasteiger charge is 2.22. The van der Waals surface area contributed by atoms with Crippen LogP contribution in [0.2, 0.25) is 0 Å². The van der Waals surface area contributed by atoms with Gasteiger partial charge in [0.25, 0.3) is 0 Å². The quantitative estimate of drug-likeness (QED) is 0.913. The van der Waals surface area contributed by atoms with Gasteiger partial charge in [0.15, 0.2) is 0 Å². The van der Waals surface area contributed by atoms with E-state index in [1.54, 1.807) is 6.20 Å². The van der Waals surface area contributed by atoms with Crippen LogP contribution in [0.4, 0.5) is 0 Å². The van der Waals surface area contributed by atoms with Crippen LogP contribution in [0.5, 0.6) is 5.75 Å². The van der Waals surface area contributed by atoms with Crippen LogP contribution in [0.3, 0.4) is 0 Å². The Bertz CT molecular complexity index is 541. The topological polar surface area (TPSA) is 34.1 Å². The predicted octanol–water partition coefficient (Wildman–Crippen LogP) is 3.26. The van der Waals surface area contributed by atoms with Crippen molar-refractivity contribution in [3.05, 3.63) is 59.9 Å². The third-order valence-electron chi connectivity index (χ3n) is 3.59. The number of fused-ring (bicyclic) bond motifs is 1. The molecule has 19 heavy (non-hydrogen) atoms. The van der Waals surface area contributed by atoms with Gasteiger partial charge in [-0.15, -0.1) is 0 Å². The Morgan fingerprint density at radius 2 is 2.16 bits per heavy atom. The molecule has 1 N–H and O–H groups in total. The highest BCUT2D eigenvalue weighted by Crippen LogP contribution is 2.33. The SMILES string of the molecule is C[C@@H](NC1CCOc2ccccc21)c1cccnc1. The number of benzene rings is 1. The summed E-state index contributed by atoms with van der Waals surface area (Å²) in [5.74, 6) is 1.00. The van der Waals surface area contributed by atoms with Crippen molar-refractivity contribution in [2.45, 2.75) is 25.4 Å². The maximum Gasteiger partial charge on any atom is 0.124 e. The summed E-state index contributed by atoms with van der Waals surface area (Å²) in [5, 5.41) is 3.67. The number of nitrogens with one attached hydrogen (secondary N) is 1. The average Bonchev–Trinajstić information content (AvgIpc) is 2.48. The molecule has 0 radical (unpaired) electrons. The third-order valence-corrected chi connectivity index (χ3v) is 3.59. The van der Waals surface area contributed by atoms with E-state index in [1.807, 2.05) is 24.4 Å². The van der Waals surface area contributed by atoms with Crippen LogP contribution < -0.4 is 10.1 Å². The Hall–Kier alpha value is -1.87. The molecule has 2 heterocycles. The van der Waals surface area contributed by atoms with Gasteiger partial charge in [0, 0.05) is 36.5 Å². The molecule has 1 aliphatic heterocycles. The molecule has 0 saturated heterocycles. The summed E-state index contributed by atoms with van der Waals surface area (Å²) in [7, 11) is 0. The summed E-state index contributed by atoms with van der Waals surface area (Å²) >= 11 is 0. The van der Waals surface area contributed by atoms with Crippen LogP contribution >= 0.6 is 0 Å². The Kier molecular flexibility index (Phi) is 3.47. The van der Waals surface area contributed by atoms with E-state index in [9.17, 15) is 0 Å². The fourth-order valence-corrected chi connectivity index (χ4v) is 2.55. The molecule has 1 aliphatic rings. The molecule has 1 aromatic carbocycles. The van der Waals surface area contributed by atoms with Crippen molar-refractivity contribution in [1.29, 1.82) is 0 Å². The van der Waals surface area contributed by atoms with Gasteiger partial charge in [-0.3, -0.25) is 4.98 Å². The Morgan fingerprint density at radius 3 is 3.00 bits per heavy atom. The normalized spacial score (nSPS) is 19.3. The Morgan fingerprint density at radius 1 is 1.26 bits per heavy atom. The first kappa shape index (κ1) is 12.2. The van der Waals surface area contributed by atoms with E-state index >= 15 is 0 Å². The number of rotatable bonds is 3. The Balaban J connectivity index is 1.78. The molecule has 3 heteroatoms. The molecule has 1 unspecified atom stereocenters. The molecule has 98 valence electrons. The van der Waals surface area contributed by atoms with Crippen molar-refractivity contribution in [2.75, 3.05) is 6.61 Å². The largest absolute Gasteiger partial charge is 0.493 e. The van der Waals surface area contributed by atoms with Crippen molar-refractivity contribution in [2.24, 2.45) is 0 Å². The van der Waals surface area contributed by atoms with Crippen LogP contribution in [0.1, 0.15) is 36.6 Å². The van der Waals surface area contributed by atoms with Crippen LogP contribution in [0, 0.1) is 0 Å². The van der Waals surface area contributed by atoms with E-state index in [-0.39, 0.29) is 6.04 Å². The first-order valence-corrected chi connectivity index (χ1v) is 6.72. The molecule has 0 amide bonds. The van der Waals surface area contributed by atoms with E-state index in [4.69, 9.17) is 4.74 Å². The van der Waals surface area contributed by atoms with E-state index in [2.05, 4.69) is 35.4 Å². The zero-order valence-corrected chi connectivity index (χ0v) is 11.0. The zero-order chi connectivity index (χ0) is 13.1. The molecule has 0 fully saturated rings. The maximum absolute atomic E-state index is 5.69. The molecule has 0 aliphatic carbocycles. The third kappa shape index (κ3) is 2.61. The van der Waals surface area contributed by atoms with Gasteiger partial charge in [-0.2, -0.15) is 0 Å². The van der Waals surface area contributed by atoms with Gasteiger partial charge < -0.3 is 10.1 Å². The summed E-state index contributed by atoms with van der Waals surface area (Å²) in [5.41, 5.74) is 2.47.